The lowest BCUT2D eigenvalue weighted by Crippen LogP contribution is -2.03. The molecule has 0 saturated carbocycles. The second kappa shape index (κ2) is 8.19. The lowest BCUT2D eigenvalue weighted by Gasteiger charge is -2.19. The fraction of sp³-hybridized carbons (Fsp3) is 0.500. The Kier molecular flexibility index (Phi) is 6.90. The standard InChI is InChI=1S/C14H18ClNO2S/c1-4-10(5-6-19-9-16)11-7-14(18-3)12(15)8-13(11)17-2/h7-8,10H,4-6H2,1-3H3. The zero-order valence-corrected chi connectivity index (χ0v) is 13.0. The Morgan fingerprint density at radius 3 is 2.53 bits per heavy atom. The Morgan fingerprint density at radius 2 is 2.00 bits per heavy atom. The molecule has 0 saturated heterocycles. The van der Waals surface area contributed by atoms with Crippen molar-refractivity contribution >= 4 is 23.4 Å². The fourth-order valence-electron chi connectivity index (χ4n) is 2.03. The number of halogens is 1. The summed E-state index contributed by atoms with van der Waals surface area (Å²) in [6, 6.07) is 3.72. The number of thioether (sulfide) groups is 1. The van der Waals surface area contributed by atoms with E-state index in [4.69, 9.17) is 26.3 Å². The number of benzene rings is 1. The first-order valence-electron chi connectivity index (χ1n) is 6.10. The van der Waals surface area contributed by atoms with E-state index in [0.717, 1.165) is 29.9 Å². The maximum Gasteiger partial charge on any atom is 0.138 e. The summed E-state index contributed by atoms with van der Waals surface area (Å²) in [6.07, 6.45) is 1.91. The van der Waals surface area contributed by atoms with E-state index in [2.05, 4.69) is 12.3 Å². The number of nitrogens with zero attached hydrogens (tertiary/aromatic N) is 1. The molecule has 0 radical (unpaired) electrons. The maximum absolute atomic E-state index is 8.59. The Labute approximate surface area is 123 Å². The average Bonchev–Trinajstić information content (AvgIpc) is 2.43. The number of thiocyanates is 1. The van der Waals surface area contributed by atoms with Crippen LogP contribution in [0.4, 0.5) is 0 Å². The molecule has 0 aliphatic heterocycles. The highest BCUT2D eigenvalue weighted by atomic mass is 35.5. The molecular weight excluding hydrogens is 282 g/mol. The van der Waals surface area contributed by atoms with Gasteiger partial charge in [0.2, 0.25) is 0 Å². The van der Waals surface area contributed by atoms with Crippen LogP contribution in [-0.4, -0.2) is 20.0 Å². The molecule has 0 heterocycles. The molecule has 0 bridgehead atoms. The van der Waals surface area contributed by atoms with Crippen molar-refractivity contribution in [1.29, 1.82) is 5.26 Å². The number of ether oxygens (including phenoxy) is 2. The third-order valence-corrected chi connectivity index (χ3v) is 3.93. The van der Waals surface area contributed by atoms with Crippen LogP contribution in [-0.2, 0) is 0 Å². The number of methoxy groups -OCH3 is 2. The van der Waals surface area contributed by atoms with Gasteiger partial charge < -0.3 is 9.47 Å². The van der Waals surface area contributed by atoms with Crippen molar-refractivity contribution in [1.82, 2.24) is 0 Å². The summed E-state index contributed by atoms with van der Waals surface area (Å²) in [4.78, 5) is 0. The molecule has 1 rings (SSSR count). The lowest BCUT2D eigenvalue weighted by molar-refractivity contribution is 0.393. The van der Waals surface area contributed by atoms with Crippen molar-refractivity contribution in [2.75, 3.05) is 20.0 Å². The predicted molar refractivity (Wildman–Crippen MR) is 80.3 cm³/mol. The van der Waals surface area contributed by atoms with Gasteiger partial charge in [0.1, 0.15) is 16.9 Å². The third-order valence-electron chi connectivity index (χ3n) is 3.07. The quantitative estimate of drug-likeness (QED) is 0.551. The van der Waals surface area contributed by atoms with Gasteiger partial charge in [0, 0.05) is 17.4 Å². The van der Waals surface area contributed by atoms with Crippen LogP contribution in [0.5, 0.6) is 11.5 Å². The first-order valence-corrected chi connectivity index (χ1v) is 7.46. The van der Waals surface area contributed by atoms with Gasteiger partial charge in [-0.2, -0.15) is 5.26 Å². The van der Waals surface area contributed by atoms with Crippen LogP contribution in [0.1, 0.15) is 31.2 Å². The summed E-state index contributed by atoms with van der Waals surface area (Å²) in [7, 11) is 3.24. The molecule has 1 atom stereocenters. The van der Waals surface area contributed by atoms with Gasteiger partial charge in [0.15, 0.2) is 0 Å². The van der Waals surface area contributed by atoms with Gasteiger partial charge in [-0.15, -0.1) is 0 Å². The molecule has 0 aliphatic rings. The molecule has 0 N–H and O–H groups in total. The Balaban J connectivity index is 3.03. The molecule has 104 valence electrons. The number of hydrogen-bond donors (Lipinski definition) is 0. The Morgan fingerprint density at radius 1 is 1.32 bits per heavy atom. The molecule has 0 amide bonds. The minimum atomic E-state index is 0.335. The van der Waals surface area contributed by atoms with Crippen molar-refractivity contribution in [2.45, 2.75) is 25.7 Å². The van der Waals surface area contributed by atoms with E-state index in [0.29, 0.717) is 16.7 Å². The van der Waals surface area contributed by atoms with E-state index in [1.54, 1.807) is 20.3 Å². The molecule has 1 aromatic carbocycles. The summed E-state index contributed by atoms with van der Waals surface area (Å²) in [6.45, 7) is 2.13. The minimum Gasteiger partial charge on any atom is -0.496 e. The number of hydrogen-bond acceptors (Lipinski definition) is 4. The van der Waals surface area contributed by atoms with Crippen LogP contribution >= 0.6 is 23.4 Å². The highest BCUT2D eigenvalue weighted by molar-refractivity contribution is 8.03. The van der Waals surface area contributed by atoms with Crippen molar-refractivity contribution < 1.29 is 9.47 Å². The van der Waals surface area contributed by atoms with Gasteiger partial charge in [-0.3, -0.25) is 0 Å². The molecule has 0 aliphatic carbocycles. The molecule has 3 nitrogen and oxygen atoms in total. The topological polar surface area (TPSA) is 42.2 Å². The Bertz CT molecular complexity index is 459. The molecule has 1 unspecified atom stereocenters. The van der Waals surface area contributed by atoms with Crippen molar-refractivity contribution in [2.24, 2.45) is 0 Å². The zero-order chi connectivity index (χ0) is 14.3. The number of rotatable bonds is 7. The largest absolute Gasteiger partial charge is 0.496 e. The van der Waals surface area contributed by atoms with Crippen molar-refractivity contribution in [3.63, 3.8) is 0 Å². The molecule has 5 heteroatoms. The molecule has 0 fully saturated rings. The lowest BCUT2D eigenvalue weighted by atomic mass is 9.93. The maximum atomic E-state index is 8.59. The molecular formula is C14H18ClNO2S. The van der Waals surface area contributed by atoms with Crippen LogP contribution in [0.25, 0.3) is 0 Å². The van der Waals surface area contributed by atoms with E-state index in [9.17, 15) is 0 Å². The van der Waals surface area contributed by atoms with E-state index >= 15 is 0 Å². The smallest absolute Gasteiger partial charge is 0.138 e. The van der Waals surface area contributed by atoms with Gasteiger partial charge >= 0.3 is 0 Å². The summed E-state index contributed by atoms with van der Waals surface area (Å²) in [5.41, 5.74) is 1.09. The normalized spacial score (nSPS) is 11.7. The van der Waals surface area contributed by atoms with Gasteiger partial charge in [0.25, 0.3) is 0 Å². The van der Waals surface area contributed by atoms with Crippen LogP contribution in [0, 0.1) is 10.7 Å². The van der Waals surface area contributed by atoms with E-state index in [1.807, 2.05) is 6.07 Å². The summed E-state index contributed by atoms with van der Waals surface area (Å²) >= 11 is 7.38. The Hall–Kier alpha value is -1.05. The fourth-order valence-corrected chi connectivity index (χ4v) is 2.75. The SMILES string of the molecule is CCC(CCSC#N)c1cc(OC)c(Cl)cc1OC. The van der Waals surface area contributed by atoms with Crippen LogP contribution in [0.15, 0.2) is 12.1 Å². The van der Waals surface area contributed by atoms with E-state index < -0.39 is 0 Å². The summed E-state index contributed by atoms with van der Waals surface area (Å²) in [5.74, 6) is 2.58. The predicted octanol–water partition coefficient (Wildman–Crippen LogP) is 4.46. The van der Waals surface area contributed by atoms with E-state index in [-0.39, 0.29) is 0 Å². The number of nitriles is 1. The molecule has 0 aromatic heterocycles. The minimum absolute atomic E-state index is 0.335. The monoisotopic (exact) mass is 299 g/mol. The second-order valence-electron chi connectivity index (χ2n) is 4.06. The van der Waals surface area contributed by atoms with Crippen LogP contribution in [0.2, 0.25) is 5.02 Å². The molecule has 1 aromatic rings. The van der Waals surface area contributed by atoms with Gasteiger partial charge in [-0.05, 0) is 36.6 Å². The van der Waals surface area contributed by atoms with Gasteiger partial charge in [0.05, 0.1) is 19.2 Å². The van der Waals surface area contributed by atoms with Crippen molar-refractivity contribution in [3.8, 4) is 16.9 Å². The zero-order valence-electron chi connectivity index (χ0n) is 11.4. The van der Waals surface area contributed by atoms with E-state index in [1.165, 1.54) is 11.8 Å². The molecule has 19 heavy (non-hydrogen) atoms. The highest BCUT2D eigenvalue weighted by Crippen LogP contribution is 2.39. The van der Waals surface area contributed by atoms with Gasteiger partial charge in [-0.1, -0.05) is 18.5 Å². The third kappa shape index (κ3) is 4.22. The summed E-state index contributed by atoms with van der Waals surface area (Å²) in [5, 5.41) is 11.2. The highest BCUT2D eigenvalue weighted by Gasteiger charge is 2.17. The first-order chi connectivity index (χ1) is 9.17. The van der Waals surface area contributed by atoms with Gasteiger partial charge in [-0.25, -0.2) is 0 Å². The first kappa shape index (κ1) is 16.0. The molecule has 0 spiro atoms. The van der Waals surface area contributed by atoms with Crippen molar-refractivity contribution in [3.05, 3.63) is 22.7 Å². The second-order valence-corrected chi connectivity index (χ2v) is 5.35. The average molecular weight is 300 g/mol. The summed E-state index contributed by atoms with van der Waals surface area (Å²) < 4.78 is 10.7. The van der Waals surface area contributed by atoms with Crippen LogP contribution < -0.4 is 9.47 Å². The van der Waals surface area contributed by atoms with Crippen LogP contribution in [0.3, 0.4) is 0 Å².